The Bertz CT molecular complexity index is 2630. The normalized spacial score (nSPS) is 11.4. The molecule has 0 amide bonds. The average molecular weight is 636 g/mol. The lowest BCUT2D eigenvalue weighted by Crippen LogP contribution is -1.97. The zero-order chi connectivity index (χ0) is 32.0. The highest BCUT2D eigenvalue weighted by Gasteiger charge is 2.17. The molecule has 0 fully saturated rings. The zero-order valence-corrected chi connectivity index (χ0v) is 26.4. The molecule has 226 valence electrons. The molecule has 9 rings (SSSR count). The Labute approximate surface area is 282 Å². The van der Waals surface area contributed by atoms with Gasteiger partial charge >= 0.3 is 0 Å². The van der Waals surface area contributed by atoms with E-state index in [1.807, 2.05) is 54.6 Å². The standard InChI is InChI=1S/C43H26ClN3O/c44-43-46-41(35-14-7-13-29(25-35)31-19-20-32-23-30(17-18-33(32)24-31)27-9-3-1-4-10-27)45-42(47-43)37-16-8-15-36-38-26-34(28-11-5-2-6-12-28)21-22-39(38)48-40(36)37/h1-26H. The maximum Gasteiger partial charge on any atom is 0.226 e. The first-order valence-corrected chi connectivity index (χ1v) is 16.2. The minimum Gasteiger partial charge on any atom is -0.455 e. The van der Waals surface area contributed by atoms with Crippen LogP contribution in [0, 0.1) is 0 Å². The van der Waals surface area contributed by atoms with Crippen molar-refractivity contribution in [2.75, 3.05) is 0 Å². The average Bonchev–Trinajstić information content (AvgIpc) is 3.53. The summed E-state index contributed by atoms with van der Waals surface area (Å²) in [5.41, 5.74) is 10.00. The van der Waals surface area contributed by atoms with Crippen molar-refractivity contribution in [2.45, 2.75) is 0 Å². The zero-order valence-electron chi connectivity index (χ0n) is 25.6. The molecule has 4 nitrogen and oxygen atoms in total. The van der Waals surface area contributed by atoms with Crippen LogP contribution < -0.4 is 0 Å². The SMILES string of the molecule is Clc1nc(-c2cccc(-c3ccc4cc(-c5ccccc5)ccc4c3)c2)nc(-c2cccc3c2oc2ccc(-c4ccccc4)cc23)n1. The number of halogens is 1. The largest absolute Gasteiger partial charge is 0.455 e. The molecule has 0 N–H and O–H groups in total. The molecule has 48 heavy (non-hydrogen) atoms. The Kier molecular flexibility index (Phi) is 6.81. The third kappa shape index (κ3) is 5.09. The monoisotopic (exact) mass is 635 g/mol. The molecule has 2 aromatic heterocycles. The molecule has 0 aliphatic heterocycles. The first-order chi connectivity index (χ1) is 23.7. The summed E-state index contributed by atoms with van der Waals surface area (Å²) in [6.07, 6.45) is 0. The fourth-order valence-electron chi connectivity index (χ4n) is 6.46. The van der Waals surface area contributed by atoms with E-state index in [4.69, 9.17) is 21.0 Å². The van der Waals surface area contributed by atoms with Gasteiger partial charge in [-0.25, -0.2) is 4.98 Å². The van der Waals surface area contributed by atoms with Gasteiger partial charge in [0, 0.05) is 16.3 Å². The highest BCUT2D eigenvalue weighted by molar-refractivity contribution is 6.28. The summed E-state index contributed by atoms with van der Waals surface area (Å²) in [6.45, 7) is 0. The smallest absolute Gasteiger partial charge is 0.226 e. The molecule has 5 heteroatoms. The number of rotatable bonds is 5. The lowest BCUT2D eigenvalue weighted by molar-refractivity contribution is 0.669. The van der Waals surface area contributed by atoms with Gasteiger partial charge in [-0.2, -0.15) is 9.97 Å². The summed E-state index contributed by atoms with van der Waals surface area (Å²) in [7, 11) is 0. The van der Waals surface area contributed by atoms with Crippen molar-refractivity contribution in [3.8, 4) is 56.2 Å². The van der Waals surface area contributed by atoms with Gasteiger partial charge in [0.25, 0.3) is 0 Å². The van der Waals surface area contributed by atoms with Crippen molar-refractivity contribution in [3.05, 3.63) is 163 Å². The second-order valence-corrected chi connectivity index (χ2v) is 12.2. The van der Waals surface area contributed by atoms with E-state index in [2.05, 4.69) is 113 Å². The number of benzene rings is 7. The summed E-state index contributed by atoms with van der Waals surface area (Å²) >= 11 is 6.55. The van der Waals surface area contributed by atoms with Crippen LogP contribution in [0.2, 0.25) is 5.28 Å². The van der Waals surface area contributed by atoms with Gasteiger partial charge in [0.2, 0.25) is 5.28 Å². The predicted molar refractivity (Wildman–Crippen MR) is 197 cm³/mol. The van der Waals surface area contributed by atoms with Gasteiger partial charge in [0.15, 0.2) is 11.6 Å². The Balaban J connectivity index is 1.08. The lowest BCUT2D eigenvalue weighted by Gasteiger charge is -2.09. The number of furan rings is 1. The minimum absolute atomic E-state index is 0.125. The van der Waals surface area contributed by atoms with Crippen LogP contribution in [0.1, 0.15) is 0 Å². The van der Waals surface area contributed by atoms with Crippen LogP contribution in [-0.4, -0.2) is 15.0 Å². The van der Waals surface area contributed by atoms with Gasteiger partial charge in [-0.1, -0.05) is 121 Å². The number of fused-ring (bicyclic) bond motifs is 4. The highest BCUT2D eigenvalue weighted by Crippen LogP contribution is 2.37. The van der Waals surface area contributed by atoms with Gasteiger partial charge in [-0.3, -0.25) is 0 Å². The van der Waals surface area contributed by atoms with Gasteiger partial charge in [-0.15, -0.1) is 0 Å². The van der Waals surface area contributed by atoms with Crippen molar-refractivity contribution in [2.24, 2.45) is 0 Å². The number of hydrogen-bond donors (Lipinski definition) is 0. The van der Waals surface area contributed by atoms with Crippen LogP contribution in [0.15, 0.2) is 162 Å². The van der Waals surface area contributed by atoms with Crippen molar-refractivity contribution in [1.29, 1.82) is 0 Å². The number of hydrogen-bond acceptors (Lipinski definition) is 4. The van der Waals surface area contributed by atoms with Crippen molar-refractivity contribution < 1.29 is 4.42 Å². The Morgan fingerprint density at radius 2 is 0.958 bits per heavy atom. The third-order valence-electron chi connectivity index (χ3n) is 8.85. The van der Waals surface area contributed by atoms with E-state index in [1.54, 1.807) is 0 Å². The lowest BCUT2D eigenvalue weighted by atomic mass is 9.97. The maximum absolute atomic E-state index is 6.55. The fraction of sp³-hybridized carbons (Fsp3) is 0. The quantitative estimate of drug-likeness (QED) is 0.189. The van der Waals surface area contributed by atoms with E-state index >= 15 is 0 Å². The van der Waals surface area contributed by atoms with Crippen LogP contribution >= 0.6 is 11.6 Å². The van der Waals surface area contributed by atoms with E-state index < -0.39 is 0 Å². The van der Waals surface area contributed by atoms with E-state index in [1.165, 1.54) is 21.9 Å². The molecular formula is C43H26ClN3O. The van der Waals surface area contributed by atoms with Crippen LogP contribution in [0.5, 0.6) is 0 Å². The molecule has 0 spiro atoms. The summed E-state index contributed by atoms with van der Waals surface area (Å²) in [5, 5.41) is 4.53. The van der Waals surface area contributed by atoms with Crippen LogP contribution in [0.4, 0.5) is 0 Å². The summed E-state index contributed by atoms with van der Waals surface area (Å²) in [5.74, 6) is 0.961. The van der Waals surface area contributed by atoms with Crippen LogP contribution in [-0.2, 0) is 0 Å². The topological polar surface area (TPSA) is 51.8 Å². The first kappa shape index (κ1) is 28.1. The molecule has 0 aliphatic carbocycles. The van der Waals surface area contributed by atoms with Gasteiger partial charge in [0.05, 0.1) is 5.56 Å². The van der Waals surface area contributed by atoms with Crippen LogP contribution in [0.25, 0.3) is 88.9 Å². The molecular weight excluding hydrogens is 610 g/mol. The first-order valence-electron chi connectivity index (χ1n) is 15.8. The van der Waals surface area contributed by atoms with E-state index in [-0.39, 0.29) is 5.28 Å². The molecule has 0 unspecified atom stereocenters. The minimum atomic E-state index is 0.125. The molecule has 2 heterocycles. The number of para-hydroxylation sites is 1. The molecule has 0 aliphatic rings. The molecule has 0 saturated carbocycles. The van der Waals surface area contributed by atoms with Crippen molar-refractivity contribution >= 4 is 44.3 Å². The highest BCUT2D eigenvalue weighted by atomic mass is 35.5. The predicted octanol–water partition coefficient (Wildman–Crippen LogP) is 11.9. The van der Waals surface area contributed by atoms with Crippen molar-refractivity contribution in [1.82, 2.24) is 15.0 Å². The van der Waals surface area contributed by atoms with E-state index in [9.17, 15) is 0 Å². The summed E-state index contributed by atoms with van der Waals surface area (Å²) in [4.78, 5) is 14.0. The third-order valence-corrected chi connectivity index (χ3v) is 9.02. The summed E-state index contributed by atoms with van der Waals surface area (Å²) < 4.78 is 6.42. The fourth-order valence-corrected chi connectivity index (χ4v) is 6.62. The Morgan fingerprint density at radius 1 is 0.396 bits per heavy atom. The molecule has 0 saturated heterocycles. The molecule has 9 aromatic rings. The van der Waals surface area contributed by atoms with E-state index in [0.717, 1.165) is 49.7 Å². The summed E-state index contributed by atoms with van der Waals surface area (Å²) in [6, 6.07) is 54.5. The number of nitrogens with zero attached hydrogens (tertiary/aromatic N) is 3. The second kappa shape index (κ2) is 11.6. The Morgan fingerprint density at radius 3 is 1.69 bits per heavy atom. The molecule has 0 bridgehead atoms. The van der Waals surface area contributed by atoms with Crippen molar-refractivity contribution in [3.63, 3.8) is 0 Å². The second-order valence-electron chi connectivity index (χ2n) is 11.8. The van der Waals surface area contributed by atoms with E-state index in [0.29, 0.717) is 17.2 Å². The van der Waals surface area contributed by atoms with Gasteiger partial charge in [-0.05, 0) is 92.2 Å². The number of aromatic nitrogens is 3. The molecule has 7 aromatic carbocycles. The van der Waals surface area contributed by atoms with Gasteiger partial charge < -0.3 is 4.42 Å². The molecule has 0 atom stereocenters. The van der Waals surface area contributed by atoms with Gasteiger partial charge in [0.1, 0.15) is 11.2 Å². The maximum atomic E-state index is 6.55. The van der Waals surface area contributed by atoms with Crippen LogP contribution in [0.3, 0.4) is 0 Å². The Hall–Kier alpha value is -6.10. The molecule has 0 radical (unpaired) electrons.